The van der Waals surface area contributed by atoms with E-state index < -0.39 is 23.7 Å². The normalized spacial score (nSPS) is 16.8. The zero-order chi connectivity index (χ0) is 25.8. The number of hydrogen-bond acceptors (Lipinski definition) is 6. The summed E-state index contributed by atoms with van der Waals surface area (Å²) in [5.74, 6) is -1.79. The van der Waals surface area contributed by atoms with E-state index in [0.717, 1.165) is 5.56 Å². The zero-order valence-electron chi connectivity index (χ0n) is 20.4. The molecule has 1 saturated heterocycles. The van der Waals surface area contributed by atoms with Gasteiger partial charge in [-0.3, -0.25) is 14.5 Å². The summed E-state index contributed by atoms with van der Waals surface area (Å²) >= 11 is 0. The second-order valence-corrected chi connectivity index (χ2v) is 8.31. The second kappa shape index (κ2) is 10.5. The number of carbonyl (C=O) groups is 3. The highest BCUT2D eigenvalue weighted by molar-refractivity contribution is 6.51. The molecule has 1 atom stereocenters. The first kappa shape index (κ1) is 24.7. The molecule has 0 aromatic heterocycles. The van der Waals surface area contributed by atoms with Crippen molar-refractivity contribution < 1.29 is 29.0 Å². The summed E-state index contributed by atoms with van der Waals surface area (Å²) in [6.45, 7) is 6.17. The minimum Gasteiger partial charge on any atom is -0.507 e. The van der Waals surface area contributed by atoms with Gasteiger partial charge < -0.3 is 14.6 Å². The first-order valence-electron chi connectivity index (χ1n) is 11.7. The third-order valence-electron chi connectivity index (χ3n) is 5.88. The van der Waals surface area contributed by atoms with Crippen molar-refractivity contribution in [3.8, 4) is 5.75 Å². The summed E-state index contributed by atoms with van der Waals surface area (Å²) in [5.41, 5.74) is 2.71. The molecule has 1 N–H and O–H groups in total. The van der Waals surface area contributed by atoms with E-state index >= 15 is 0 Å². The predicted molar refractivity (Wildman–Crippen MR) is 136 cm³/mol. The van der Waals surface area contributed by atoms with Gasteiger partial charge in [-0.2, -0.15) is 0 Å². The van der Waals surface area contributed by atoms with E-state index in [-0.39, 0.29) is 17.9 Å². The Morgan fingerprint density at radius 1 is 0.917 bits per heavy atom. The Hall–Kier alpha value is -4.39. The molecule has 1 amide bonds. The Morgan fingerprint density at radius 2 is 1.64 bits per heavy atom. The van der Waals surface area contributed by atoms with E-state index in [4.69, 9.17) is 9.47 Å². The van der Waals surface area contributed by atoms with Gasteiger partial charge in [0.05, 0.1) is 30.4 Å². The van der Waals surface area contributed by atoms with Crippen LogP contribution < -0.4 is 9.64 Å². The van der Waals surface area contributed by atoms with Gasteiger partial charge in [-0.1, -0.05) is 42.0 Å². The highest BCUT2D eigenvalue weighted by atomic mass is 16.5. The van der Waals surface area contributed by atoms with E-state index in [9.17, 15) is 19.5 Å². The fourth-order valence-corrected chi connectivity index (χ4v) is 4.28. The minimum absolute atomic E-state index is 0.0197. The smallest absolute Gasteiger partial charge is 0.338 e. The average Bonchev–Trinajstić information content (AvgIpc) is 3.14. The predicted octanol–water partition coefficient (Wildman–Crippen LogP) is 5.20. The van der Waals surface area contributed by atoms with Crippen LogP contribution in [0.15, 0.2) is 78.4 Å². The zero-order valence-corrected chi connectivity index (χ0v) is 20.4. The number of benzene rings is 3. The van der Waals surface area contributed by atoms with Crippen molar-refractivity contribution in [3.05, 3.63) is 101 Å². The third kappa shape index (κ3) is 4.73. The number of nitrogens with zero attached hydrogens (tertiary/aromatic N) is 1. The number of ether oxygens (including phenoxy) is 2. The maximum atomic E-state index is 13.3. The molecule has 1 aliphatic heterocycles. The number of aliphatic hydroxyl groups is 1. The van der Waals surface area contributed by atoms with Gasteiger partial charge in [0, 0.05) is 11.3 Å². The molecule has 1 unspecified atom stereocenters. The molecule has 0 bridgehead atoms. The van der Waals surface area contributed by atoms with Crippen LogP contribution in [0.2, 0.25) is 0 Å². The maximum absolute atomic E-state index is 13.3. The Bertz CT molecular complexity index is 1340. The van der Waals surface area contributed by atoms with Crippen molar-refractivity contribution in [1.29, 1.82) is 0 Å². The highest BCUT2D eigenvalue weighted by Crippen LogP contribution is 2.42. The lowest BCUT2D eigenvalue weighted by atomic mass is 9.94. The number of Topliss-reactive ketones (excluding diaryl/α,β-unsaturated/α-hetero) is 1. The number of carbonyl (C=O) groups excluding carboxylic acids is 3. The standard InChI is InChI=1S/C29H27NO6/c1-4-35-23-11-7-10-21(17-23)26(31)24-25(20-9-6-8-18(3)16-20)30(28(33)27(24)32)22-14-12-19(13-15-22)29(34)36-5-2/h6-17,25,31H,4-5H2,1-3H3/b26-24+. The van der Waals surface area contributed by atoms with E-state index in [0.29, 0.717) is 34.7 Å². The number of rotatable bonds is 7. The van der Waals surface area contributed by atoms with E-state index in [1.807, 2.05) is 38.1 Å². The molecule has 0 radical (unpaired) electrons. The Morgan fingerprint density at radius 3 is 2.31 bits per heavy atom. The van der Waals surface area contributed by atoms with Crippen molar-refractivity contribution in [2.24, 2.45) is 0 Å². The number of amides is 1. The van der Waals surface area contributed by atoms with Gasteiger partial charge >= 0.3 is 5.97 Å². The second-order valence-electron chi connectivity index (χ2n) is 8.31. The van der Waals surface area contributed by atoms with Gasteiger partial charge in [-0.25, -0.2) is 4.79 Å². The number of anilines is 1. The van der Waals surface area contributed by atoms with Crippen LogP contribution in [0.1, 0.15) is 46.9 Å². The number of hydrogen-bond donors (Lipinski definition) is 1. The average molecular weight is 486 g/mol. The van der Waals surface area contributed by atoms with Gasteiger partial charge in [0.15, 0.2) is 0 Å². The first-order valence-corrected chi connectivity index (χ1v) is 11.7. The minimum atomic E-state index is -0.867. The van der Waals surface area contributed by atoms with Crippen LogP contribution in [-0.2, 0) is 14.3 Å². The van der Waals surface area contributed by atoms with Crippen molar-refractivity contribution in [1.82, 2.24) is 0 Å². The molecule has 0 spiro atoms. The van der Waals surface area contributed by atoms with Crippen LogP contribution in [0.5, 0.6) is 5.75 Å². The largest absolute Gasteiger partial charge is 0.507 e. The van der Waals surface area contributed by atoms with E-state index in [1.165, 1.54) is 4.90 Å². The third-order valence-corrected chi connectivity index (χ3v) is 5.88. The summed E-state index contributed by atoms with van der Waals surface area (Å²) in [6.07, 6.45) is 0. The van der Waals surface area contributed by atoms with Crippen molar-refractivity contribution in [2.75, 3.05) is 18.1 Å². The van der Waals surface area contributed by atoms with Gasteiger partial charge in [0.2, 0.25) is 0 Å². The molecule has 1 aliphatic rings. The summed E-state index contributed by atoms with van der Waals surface area (Å²) in [7, 11) is 0. The lowest BCUT2D eigenvalue weighted by molar-refractivity contribution is -0.132. The highest BCUT2D eigenvalue weighted by Gasteiger charge is 2.47. The summed E-state index contributed by atoms with van der Waals surface area (Å²) < 4.78 is 10.6. The van der Waals surface area contributed by atoms with E-state index in [2.05, 4.69) is 0 Å². The Kier molecular flexibility index (Phi) is 7.20. The van der Waals surface area contributed by atoms with Crippen molar-refractivity contribution in [2.45, 2.75) is 26.8 Å². The molecule has 184 valence electrons. The summed E-state index contributed by atoms with van der Waals surface area (Å²) in [5, 5.41) is 11.3. The van der Waals surface area contributed by atoms with Gasteiger partial charge in [-0.15, -0.1) is 0 Å². The SMILES string of the molecule is CCOC(=O)c1ccc(N2C(=O)C(=O)/C(=C(/O)c3cccc(OCC)c3)C2c2cccc(C)c2)cc1. The van der Waals surface area contributed by atoms with Crippen LogP contribution in [0.25, 0.3) is 5.76 Å². The fourth-order valence-electron chi connectivity index (χ4n) is 4.28. The monoisotopic (exact) mass is 485 g/mol. The molecule has 0 saturated carbocycles. The molecule has 4 rings (SSSR count). The molecular formula is C29H27NO6. The summed E-state index contributed by atoms with van der Waals surface area (Å²) in [6, 6.07) is 19.6. The molecule has 7 nitrogen and oxygen atoms in total. The molecule has 3 aromatic rings. The van der Waals surface area contributed by atoms with Crippen LogP contribution in [0, 0.1) is 6.92 Å². The molecule has 0 aliphatic carbocycles. The molecule has 1 fully saturated rings. The van der Waals surface area contributed by atoms with Crippen LogP contribution in [0.3, 0.4) is 0 Å². The van der Waals surface area contributed by atoms with Crippen molar-refractivity contribution >= 4 is 29.1 Å². The maximum Gasteiger partial charge on any atom is 0.338 e. The van der Waals surface area contributed by atoms with Crippen LogP contribution in [-0.4, -0.2) is 36.0 Å². The van der Waals surface area contributed by atoms with Crippen LogP contribution >= 0.6 is 0 Å². The molecule has 7 heteroatoms. The fraction of sp³-hybridized carbons (Fsp3) is 0.207. The molecule has 36 heavy (non-hydrogen) atoms. The Balaban J connectivity index is 1.86. The quantitative estimate of drug-likeness (QED) is 0.214. The Labute approximate surface area is 209 Å². The lowest BCUT2D eigenvalue weighted by Gasteiger charge is -2.26. The van der Waals surface area contributed by atoms with Gasteiger partial charge in [0.25, 0.3) is 11.7 Å². The van der Waals surface area contributed by atoms with Crippen LogP contribution in [0.4, 0.5) is 5.69 Å². The van der Waals surface area contributed by atoms with E-state index in [1.54, 1.807) is 55.5 Å². The molecule has 1 heterocycles. The number of aryl methyl sites for hydroxylation is 1. The number of esters is 1. The number of ketones is 1. The first-order chi connectivity index (χ1) is 17.3. The van der Waals surface area contributed by atoms with Gasteiger partial charge in [0.1, 0.15) is 11.5 Å². The summed E-state index contributed by atoms with van der Waals surface area (Å²) in [4.78, 5) is 40.1. The lowest BCUT2D eigenvalue weighted by Crippen LogP contribution is -2.29. The van der Waals surface area contributed by atoms with Gasteiger partial charge in [-0.05, 0) is 62.7 Å². The molecule has 3 aromatic carbocycles. The molecular weight excluding hydrogens is 458 g/mol. The number of aliphatic hydroxyl groups excluding tert-OH is 1. The topological polar surface area (TPSA) is 93.1 Å². The van der Waals surface area contributed by atoms with Crippen molar-refractivity contribution in [3.63, 3.8) is 0 Å².